The van der Waals surface area contributed by atoms with Crippen LogP contribution in [0.1, 0.15) is 22.2 Å². The molecule has 0 saturated carbocycles. The van der Waals surface area contributed by atoms with E-state index in [-0.39, 0.29) is 11.3 Å². The molecule has 1 atom stereocenters. The van der Waals surface area contributed by atoms with Crippen molar-refractivity contribution >= 4 is 17.2 Å². The number of benzene rings is 1. The third-order valence-electron chi connectivity index (χ3n) is 6.30. The summed E-state index contributed by atoms with van der Waals surface area (Å²) >= 11 is 1.65. The smallest absolute Gasteiger partial charge is 0.227 e. The number of aromatic nitrogens is 3. The first-order valence-corrected chi connectivity index (χ1v) is 10.9. The molecule has 0 bridgehead atoms. The second-order valence-electron chi connectivity index (χ2n) is 8.38. The zero-order valence-corrected chi connectivity index (χ0v) is 17.4. The van der Waals surface area contributed by atoms with Crippen LogP contribution in [0.4, 0.5) is 0 Å². The first-order chi connectivity index (χ1) is 14.1. The van der Waals surface area contributed by atoms with Gasteiger partial charge < -0.3 is 9.47 Å². The molecule has 2 fully saturated rings. The molecule has 150 valence electrons. The van der Waals surface area contributed by atoms with Crippen molar-refractivity contribution in [2.24, 2.45) is 12.5 Å². The number of carbonyl (C=O) groups is 1. The Bertz CT molecular complexity index is 978. The van der Waals surface area contributed by atoms with Crippen molar-refractivity contribution in [1.82, 2.24) is 24.6 Å². The van der Waals surface area contributed by atoms with E-state index >= 15 is 0 Å². The van der Waals surface area contributed by atoms with Gasteiger partial charge in [0, 0.05) is 56.0 Å². The molecule has 0 N–H and O–H groups in total. The number of nitrogens with zero attached hydrogens (tertiary/aromatic N) is 5. The number of hydrogen-bond acceptors (Lipinski definition) is 5. The highest BCUT2D eigenvalue weighted by Crippen LogP contribution is 2.49. The third kappa shape index (κ3) is 3.49. The van der Waals surface area contributed by atoms with E-state index < -0.39 is 0 Å². The Balaban J connectivity index is 1.33. The normalized spacial score (nSPS) is 20.9. The predicted molar refractivity (Wildman–Crippen MR) is 112 cm³/mol. The number of amides is 1. The monoisotopic (exact) mass is 407 g/mol. The molecule has 1 amide bonds. The Hall–Kier alpha value is -2.51. The zero-order chi connectivity index (χ0) is 19.8. The van der Waals surface area contributed by atoms with Crippen LogP contribution in [-0.2, 0) is 24.8 Å². The molecule has 2 aliphatic rings. The Morgan fingerprint density at radius 1 is 1.17 bits per heavy atom. The average Bonchev–Trinajstić information content (AvgIpc) is 3.41. The zero-order valence-electron chi connectivity index (χ0n) is 16.6. The van der Waals surface area contributed by atoms with Gasteiger partial charge in [-0.3, -0.25) is 9.69 Å². The highest BCUT2D eigenvalue weighted by molar-refractivity contribution is 7.10. The Labute approximate surface area is 174 Å². The van der Waals surface area contributed by atoms with Gasteiger partial charge >= 0.3 is 0 Å². The maximum absolute atomic E-state index is 12.8. The molecule has 6 nitrogen and oxygen atoms in total. The maximum atomic E-state index is 12.8. The minimum absolute atomic E-state index is 0.0701. The lowest BCUT2D eigenvalue weighted by Gasteiger charge is -2.50. The van der Waals surface area contributed by atoms with Crippen LogP contribution in [0, 0.1) is 5.41 Å². The maximum Gasteiger partial charge on any atom is 0.227 e. The molecule has 3 aromatic rings. The van der Waals surface area contributed by atoms with E-state index in [0.717, 1.165) is 43.4 Å². The van der Waals surface area contributed by atoms with Crippen molar-refractivity contribution in [2.45, 2.75) is 18.9 Å². The molecule has 2 aliphatic heterocycles. The van der Waals surface area contributed by atoms with Crippen LogP contribution < -0.4 is 0 Å². The van der Waals surface area contributed by atoms with E-state index in [0.29, 0.717) is 12.3 Å². The number of likely N-dealkylation sites (tertiary alicyclic amines) is 2. The van der Waals surface area contributed by atoms with Gasteiger partial charge in [0.05, 0.1) is 6.42 Å². The van der Waals surface area contributed by atoms with Crippen LogP contribution in [0.25, 0.3) is 0 Å². The summed E-state index contributed by atoms with van der Waals surface area (Å²) in [7, 11) is 2.02. The summed E-state index contributed by atoms with van der Waals surface area (Å²) < 4.78 is 2.04. The third-order valence-corrected chi connectivity index (χ3v) is 7.17. The molecule has 1 spiro atoms. The van der Waals surface area contributed by atoms with E-state index in [1.54, 1.807) is 17.7 Å². The predicted octanol–water partition coefficient (Wildman–Crippen LogP) is 2.55. The van der Waals surface area contributed by atoms with Gasteiger partial charge in [-0.15, -0.1) is 21.5 Å². The number of aryl methyl sites for hydroxylation is 1. The molecule has 5 rings (SSSR count). The lowest BCUT2D eigenvalue weighted by molar-refractivity contribution is -0.142. The summed E-state index contributed by atoms with van der Waals surface area (Å²) in [5.74, 6) is 1.56. The van der Waals surface area contributed by atoms with Gasteiger partial charge in [-0.2, -0.15) is 0 Å². The van der Waals surface area contributed by atoms with E-state index in [9.17, 15) is 4.79 Å². The number of carbonyl (C=O) groups excluding carboxylic acids is 1. The molecule has 4 heterocycles. The molecule has 2 aromatic heterocycles. The standard InChI is InChI=1S/C22H25N5OS/c1-25-16-23-24-21(25)19-12-26(11-17-6-3-2-4-7-17)13-22(19)14-27(15-22)20(28)10-18-8-5-9-29-18/h2-9,16,19H,10-15H2,1H3. The number of thiophene rings is 1. The van der Waals surface area contributed by atoms with Gasteiger partial charge in [0.1, 0.15) is 12.2 Å². The lowest BCUT2D eigenvalue weighted by Crippen LogP contribution is -2.62. The summed E-state index contributed by atoms with van der Waals surface area (Å²) in [6, 6.07) is 14.6. The van der Waals surface area contributed by atoms with Crippen molar-refractivity contribution in [1.29, 1.82) is 0 Å². The molecule has 0 radical (unpaired) electrons. The van der Waals surface area contributed by atoms with E-state index in [4.69, 9.17) is 0 Å². The Kier molecular flexibility index (Phi) is 4.72. The second kappa shape index (κ2) is 7.39. The summed E-state index contributed by atoms with van der Waals surface area (Å²) in [6.07, 6.45) is 2.29. The van der Waals surface area contributed by atoms with E-state index in [2.05, 4.69) is 45.4 Å². The lowest BCUT2D eigenvalue weighted by atomic mass is 9.71. The summed E-state index contributed by atoms with van der Waals surface area (Å²) in [6.45, 7) is 4.48. The van der Waals surface area contributed by atoms with Crippen molar-refractivity contribution in [3.05, 3.63) is 70.4 Å². The topological polar surface area (TPSA) is 54.3 Å². The van der Waals surface area contributed by atoms with Crippen LogP contribution in [0.2, 0.25) is 0 Å². The van der Waals surface area contributed by atoms with E-state index in [1.165, 1.54) is 5.56 Å². The second-order valence-corrected chi connectivity index (χ2v) is 9.41. The summed E-state index contributed by atoms with van der Waals surface area (Å²) in [4.78, 5) is 18.4. The van der Waals surface area contributed by atoms with Crippen molar-refractivity contribution in [3.63, 3.8) is 0 Å². The Morgan fingerprint density at radius 3 is 2.69 bits per heavy atom. The summed E-state index contributed by atoms with van der Waals surface area (Å²) in [5, 5.41) is 10.6. The first-order valence-electron chi connectivity index (χ1n) is 10.0. The fourth-order valence-electron chi connectivity index (χ4n) is 4.88. The van der Waals surface area contributed by atoms with Crippen LogP contribution in [-0.4, -0.2) is 56.7 Å². The van der Waals surface area contributed by atoms with Gasteiger partial charge in [-0.05, 0) is 17.0 Å². The van der Waals surface area contributed by atoms with Gasteiger partial charge in [0.15, 0.2) is 0 Å². The van der Waals surface area contributed by atoms with Crippen LogP contribution in [0.15, 0.2) is 54.2 Å². The number of rotatable bonds is 5. The van der Waals surface area contributed by atoms with Gasteiger partial charge in [0.25, 0.3) is 0 Å². The summed E-state index contributed by atoms with van der Waals surface area (Å²) in [5.41, 5.74) is 1.40. The van der Waals surface area contributed by atoms with Crippen LogP contribution in [0.3, 0.4) is 0 Å². The first kappa shape index (κ1) is 18.5. The van der Waals surface area contributed by atoms with Gasteiger partial charge in [-0.25, -0.2) is 0 Å². The van der Waals surface area contributed by atoms with E-state index in [1.807, 2.05) is 34.0 Å². The molecular weight excluding hydrogens is 382 g/mol. The highest BCUT2D eigenvalue weighted by Gasteiger charge is 2.56. The molecule has 1 aromatic carbocycles. The van der Waals surface area contributed by atoms with Crippen molar-refractivity contribution in [3.8, 4) is 0 Å². The average molecular weight is 408 g/mol. The highest BCUT2D eigenvalue weighted by atomic mass is 32.1. The quantitative estimate of drug-likeness (QED) is 0.652. The van der Waals surface area contributed by atoms with Crippen molar-refractivity contribution in [2.75, 3.05) is 26.2 Å². The number of hydrogen-bond donors (Lipinski definition) is 0. The molecule has 2 saturated heterocycles. The molecule has 7 heteroatoms. The SMILES string of the molecule is Cn1cnnc1C1CN(Cc2ccccc2)CC12CN(C(=O)Cc1cccs1)C2. The minimum atomic E-state index is 0.0701. The molecule has 1 unspecified atom stereocenters. The minimum Gasteiger partial charge on any atom is -0.341 e. The van der Waals surface area contributed by atoms with Gasteiger partial charge in [-0.1, -0.05) is 36.4 Å². The molecule has 29 heavy (non-hydrogen) atoms. The van der Waals surface area contributed by atoms with Crippen molar-refractivity contribution < 1.29 is 4.79 Å². The molecular formula is C22H25N5OS. The van der Waals surface area contributed by atoms with Gasteiger partial charge in [0.2, 0.25) is 5.91 Å². The molecule has 0 aliphatic carbocycles. The van der Waals surface area contributed by atoms with Crippen LogP contribution in [0.5, 0.6) is 0 Å². The fraction of sp³-hybridized carbons (Fsp3) is 0.409. The Morgan fingerprint density at radius 2 is 2.00 bits per heavy atom. The largest absolute Gasteiger partial charge is 0.341 e. The van der Waals surface area contributed by atoms with Crippen LogP contribution >= 0.6 is 11.3 Å². The fourth-order valence-corrected chi connectivity index (χ4v) is 5.58.